The SMILES string of the molecule is CCCC(CCC)C(=O)N1CCc2nc(NC(=O)c3cnccn3)sc2C1. The van der Waals surface area contributed by atoms with E-state index in [1.54, 1.807) is 0 Å². The fraction of sp³-hybridized carbons (Fsp3) is 0.526. The van der Waals surface area contributed by atoms with Gasteiger partial charge in [0.05, 0.1) is 18.4 Å². The van der Waals surface area contributed by atoms with Crippen LogP contribution >= 0.6 is 11.3 Å². The molecule has 0 atom stereocenters. The van der Waals surface area contributed by atoms with E-state index in [1.807, 2.05) is 4.90 Å². The largest absolute Gasteiger partial charge is 0.337 e. The van der Waals surface area contributed by atoms with E-state index in [0.29, 0.717) is 18.2 Å². The van der Waals surface area contributed by atoms with Crippen molar-refractivity contribution in [2.24, 2.45) is 5.92 Å². The molecule has 3 rings (SSSR count). The highest BCUT2D eigenvalue weighted by Crippen LogP contribution is 2.30. The van der Waals surface area contributed by atoms with Crippen LogP contribution in [0.15, 0.2) is 18.6 Å². The number of carbonyl (C=O) groups is 2. The molecule has 1 aliphatic heterocycles. The van der Waals surface area contributed by atoms with Crippen LogP contribution in [0.5, 0.6) is 0 Å². The van der Waals surface area contributed by atoms with Gasteiger partial charge in [-0.1, -0.05) is 38.0 Å². The Morgan fingerprint density at radius 1 is 1.26 bits per heavy atom. The van der Waals surface area contributed by atoms with E-state index < -0.39 is 0 Å². The van der Waals surface area contributed by atoms with Gasteiger partial charge in [0.1, 0.15) is 5.69 Å². The summed E-state index contributed by atoms with van der Waals surface area (Å²) >= 11 is 1.43. The fourth-order valence-electron chi connectivity index (χ4n) is 3.36. The smallest absolute Gasteiger partial charge is 0.277 e. The Hall–Kier alpha value is -2.35. The minimum absolute atomic E-state index is 0.116. The van der Waals surface area contributed by atoms with Gasteiger partial charge in [0.15, 0.2) is 5.13 Å². The average Bonchev–Trinajstić information content (AvgIpc) is 3.09. The highest BCUT2D eigenvalue weighted by atomic mass is 32.1. The Balaban J connectivity index is 1.66. The maximum atomic E-state index is 12.9. The van der Waals surface area contributed by atoms with Crippen LogP contribution in [-0.4, -0.2) is 38.2 Å². The van der Waals surface area contributed by atoms with Crippen LogP contribution in [0.25, 0.3) is 0 Å². The summed E-state index contributed by atoms with van der Waals surface area (Å²) in [5.74, 6) is 0.0429. The number of aromatic nitrogens is 3. The lowest BCUT2D eigenvalue weighted by Gasteiger charge is -2.29. The average molecular weight is 388 g/mol. The van der Waals surface area contributed by atoms with Crippen LogP contribution < -0.4 is 5.32 Å². The van der Waals surface area contributed by atoms with E-state index >= 15 is 0 Å². The van der Waals surface area contributed by atoms with Gasteiger partial charge in [-0.05, 0) is 12.8 Å². The van der Waals surface area contributed by atoms with E-state index in [0.717, 1.165) is 42.7 Å². The molecule has 3 heterocycles. The summed E-state index contributed by atoms with van der Waals surface area (Å²) in [5.41, 5.74) is 1.23. The third kappa shape index (κ3) is 4.68. The Bertz CT molecular complexity index is 787. The van der Waals surface area contributed by atoms with Crippen LogP contribution in [-0.2, 0) is 17.8 Å². The first kappa shape index (κ1) is 19.4. The van der Waals surface area contributed by atoms with Crippen molar-refractivity contribution < 1.29 is 9.59 Å². The van der Waals surface area contributed by atoms with Crippen molar-refractivity contribution in [2.75, 3.05) is 11.9 Å². The Morgan fingerprint density at radius 2 is 2.04 bits per heavy atom. The molecule has 0 unspecified atom stereocenters. The van der Waals surface area contributed by atoms with Gasteiger partial charge in [0, 0.05) is 36.2 Å². The van der Waals surface area contributed by atoms with E-state index in [2.05, 4.69) is 34.1 Å². The normalized spacial score (nSPS) is 13.5. The van der Waals surface area contributed by atoms with Crippen LogP contribution in [0.1, 0.15) is 60.6 Å². The molecular weight excluding hydrogens is 362 g/mol. The molecule has 8 heteroatoms. The fourth-order valence-corrected chi connectivity index (χ4v) is 4.38. The maximum absolute atomic E-state index is 12.9. The molecule has 2 amide bonds. The molecule has 1 N–H and O–H groups in total. The van der Waals surface area contributed by atoms with Crippen LogP contribution in [0, 0.1) is 5.92 Å². The van der Waals surface area contributed by atoms with E-state index in [-0.39, 0.29) is 23.4 Å². The zero-order valence-corrected chi connectivity index (χ0v) is 16.6. The Morgan fingerprint density at radius 3 is 2.70 bits per heavy atom. The van der Waals surface area contributed by atoms with Gasteiger partial charge in [-0.15, -0.1) is 0 Å². The van der Waals surface area contributed by atoms with Gasteiger partial charge in [-0.3, -0.25) is 19.9 Å². The molecule has 0 aromatic carbocycles. The number of fused-ring (bicyclic) bond motifs is 1. The molecular formula is C19H25N5O2S. The lowest BCUT2D eigenvalue weighted by molar-refractivity contribution is -0.137. The first-order chi connectivity index (χ1) is 13.1. The second-order valence-corrected chi connectivity index (χ2v) is 7.80. The molecule has 0 spiro atoms. The summed E-state index contributed by atoms with van der Waals surface area (Å²) in [7, 11) is 0. The van der Waals surface area contributed by atoms with Crippen molar-refractivity contribution >= 4 is 28.3 Å². The molecule has 2 aromatic rings. The lowest BCUT2D eigenvalue weighted by Crippen LogP contribution is -2.39. The molecule has 7 nitrogen and oxygen atoms in total. The Kier molecular flexibility index (Phi) is 6.49. The molecule has 0 radical (unpaired) electrons. The van der Waals surface area contributed by atoms with Crippen LogP contribution in [0.3, 0.4) is 0 Å². The molecule has 0 fully saturated rings. The summed E-state index contributed by atoms with van der Waals surface area (Å²) in [4.78, 5) is 40.5. The number of thiazole rings is 1. The van der Waals surface area contributed by atoms with Gasteiger partial charge in [0.2, 0.25) is 5.91 Å². The minimum atomic E-state index is -0.326. The summed E-state index contributed by atoms with van der Waals surface area (Å²) in [5, 5.41) is 3.33. The van der Waals surface area contributed by atoms with Crippen molar-refractivity contribution in [3.05, 3.63) is 34.9 Å². The van der Waals surface area contributed by atoms with Crippen molar-refractivity contribution in [3.63, 3.8) is 0 Å². The summed E-state index contributed by atoms with van der Waals surface area (Å²) < 4.78 is 0. The zero-order valence-electron chi connectivity index (χ0n) is 15.8. The molecule has 0 aliphatic carbocycles. The number of carbonyl (C=O) groups excluding carboxylic acids is 2. The number of rotatable bonds is 7. The molecule has 0 saturated carbocycles. The Labute approximate surface area is 163 Å². The highest BCUT2D eigenvalue weighted by Gasteiger charge is 2.28. The minimum Gasteiger partial charge on any atom is -0.337 e. The van der Waals surface area contributed by atoms with Gasteiger partial charge < -0.3 is 4.90 Å². The van der Waals surface area contributed by atoms with Crippen LogP contribution in [0.4, 0.5) is 5.13 Å². The van der Waals surface area contributed by atoms with Crippen molar-refractivity contribution in [1.82, 2.24) is 19.9 Å². The molecule has 0 saturated heterocycles. The number of nitrogens with one attached hydrogen (secondary N) is 1. The van der Waals surface area contributed by atoms with Crippen molar-refractivity contribution in [1.29, 1.82) is 0 Å². The number of amides is 2. The van der Waals surface area contributed by atoms with E-state index in [4.69, 9.17) is 0 Å². The van der Waals surface area contributed by atoms with Gasteiger partial charge >= 0.3 is 0 Å². The van der Waals surface area contributed by atoms with Gasteiger partial charge in [-0.25, -0.2) is 9.97 Å². The molecule has 1 aliphatic rings. The number of anilines is 1. The second kappa shape index (κ2) is 9.03. The predicted molar refractivity (Wildman–Crippen MR) is 105 cm³/mol. The van der Waals surface area contributed by atoms with E-state index in [1.165, 1.54) is 29.9 Å². The predicted octanol–water partition coefficient (Wildman–Crippen LogP) is 3.29. The summed E-state index contributed by atoms with van der Waals surface area (Å²) in [6.07, 6.45) is 9.08. The highest BCUT2D eigenvalue weighted by molar-refractivity contribution is 7.15. The van der Waals surface area contributed by atoms with Gasteiger partial charge in [-0.2, -0.15) is 0 Å². The van der Waals surface area contributed by atoms with Crippen molar-refractivity contribution in [3.8, 4) is 0 Å². The summed E-state index contributed by atoms with van der Waals surface area (Å²) in [6.45, 7) is 5.52. The van der Waals surface area contributed by atoms with Gasteiger partial charge in [0.25, 0.3) is 5.91 Å². The number of hydrogen-bond acceptors (Lipinski definition) is 6. The number of hydrogen-bond donors (Lipinski definition) is 1. The zero-order chi connectivity index (χ0) is 19.2. The number of nitrogens with zero attached hydrogens (tertiary/aromatic N) is 4. The first-order valence-electron chi connectivity index (χ1n) is 9.47. The van der Waals surface area contributed by atoms with E-state index in [9.17, 15) is 9.59 Å². The molecule has 144 valence electrons. The third-order valence-electron chi connectivity index (χ3n) is 4.68. The molecule has 0 bridgehead atoms. The van der Waals surface area contributed by atoms with Crippen LogP contribution in [0.2, 0.25) is 0 Å². The third-order valence-corrected chi connectivity index (χ3v) is 5.68. The quantitative estimate of drug-likeness (QED) is 0.788. The summed E-state index contributed by atoms with van der Waals surface area (Å²) in [6, 6.07) is 0. The van der Waals surface area contributed by atoms with Crippen molar-refractivity contribution in [2.45, 2.75) is 52.5 Å². The molecule has 2 aromatic heterocycles. The topological polar surface area (TPSA) is 88.1 Å². The second-order valence-electron chi connectivity index (χ2n) is 6.72. The molecule has 27 heavy (non-hydrogen) atoms. The monoisotopic (exact) mass is 387 g/mol. The standard InChI is InChI=1S/C19H25N5O2S/c1-3-5-13(6-4-2)18(26)24-10-7-14-16(12-24)27-19(22-14)23-17(25)15-11-20-8-9-21-15/h8-9,11,13H,3-7,10,12H2,1-2H3,(H,22,23,25). The first-order valence-corrected chi connectivity index (χ1v) is 10.3. The lowest BCUT2D eigenvalue weighted by atomic mass is 9.96. The maximum Gasteiger partial charge on any atom is 0.277 e.